The number of aryl methyl sites for hydroxylation is 1. The Kier molecular flexibility index (Phi) is 7.98. The number of hydrogen-bond acceptors (Lipinski definition) is 7. The molecule has 2 atom stereocenters. The summed E-state index contributed by atoms with van der Waals surface area (Å²) in [5.74, 6) is 0.935. The van der Waals surface area contributed by atoms with Crippen molar-refractivity contribution in [2.75, 3.05) is 26.3 Å². The second-order valence-corrected chi connectivity index (χ2v) is 11.6. The van der Waals surface area contributed by atoms with E-state index < -0.39 is 11.6 Å². The lowest BCUT2D eigenvalue weighted by atomic mass is 9.95. The van der Waals surface area contributed by atoms with Gasteiger partial charge in [-0.25, -0.2) is 9.18 Å². The van der Waals surface area contributed by atoms with E-state index in [0.717, 1.165) is 16.6 Å². The number of fused-ring (bicyclic) bond motifs is 2. The first-order valence-electron chi connectivity index (χ1n) is 13.8. The van der Waals surface area contributed by atoms with Gasteiger partial charge in [-0.15, -0.1) is 0 Å². The minimum absolute atomic E-state index is 0.000367. The highest BCUT2D eigenvalue weighted by Crippen LogP contribution is 2.31. The average Bonchev–Trinajstić information content (AvgIpc) is 2.88. The van der Waals surface area contributed by atoms with Crippen molar-refractivity contribution in [1.82, 2.24) is 19.8 Å². The molecule has 4 heterocycles. The van der Waals surface area contributed by atoms with Crippen LogP contribution in [0, 0.1) is 12.7 Å². The third-order valence-corrected chi connectivity index (χ3v) is 7.36. The zero-order chi connectivity index (χ0) is 28.4. The second kappa shape index (κ2) is 11.4. The third-order valence-electron chi connectivity index (χ3n) is 7.36. The lowest BCUT2D eigenvalue weighted by molar-refractivity contribution is 0.0190. The van der Waals surface area contributed by atoms with E-state index in [2.05, 4.69) is 15.2 Å². The highest BCUT2D eigenvalue weighted by Gasteiger charge is 2.32. The molecule has 2 aromatic heterocycles. The number of pyridine rings is 2. The average molecular weight is 553 g/mol. The summed E-state index contributed by atoms with van der Waals surface area (Å²) in [5.41, 5.74) is 1.71. The molecule has 5 rings (SSSR count). The molecule has 0 aliphatic carbocycles. The monoisotopic (exact) mass is 552 g/mol. The third kappa shape index (κ3) is 6.55. The number of carbonyl (C=O) groups is 1. The fourth-order valence-electron chi connectivity index (χ4n) is 5.49. The zero-order valence-corrected chi connectivity index (χ0v) is 23.5. The Hall–Kier alpha value is -3.66. The smallest absolute Gasteiger partial charge is 0.407 e. The number of likely N-dealkylation sites (tertiary alicyclic amines) is 1. The number of hydrogen-bond donors (Lipinski definition) is 1. The van der Waals surface area contributed by atoms with Crippen LogP contribution in [0.2, 0.25) is 0 Å². The van der Waals surface area contributed by atoms with Crippen LogP contribution in [0.4, 0.5) is 9.18 Å². The molecular formula is C30H37FN4O5. The zero-order valence-electron chi connectivity index (χ0n) is 23.5. The number of ether oxygens (including phenoxy) is 3. The van der Waals surface area contributed by atoms with E-state index in [1.807, 2.05) is 33.8 Å². The van der Waals surface area contributed by atoms with Crippen LogP contribution in [-0.4, -0.2) is 64.5 Å². The van der Waals surface area contributed by atoms with Gasteiger partial charge in [0.1, 0.15) is 25.1 Å². The quantitative estimate of drug-likeness (QED) is 0.490. The molecule has 0 spiro atoms. The molecule has 10 heteroatoms. The summed E-state index contributed by atoms with van der Waals surface area (Å²) >= 11 is 0. The predicted molar refractivity (Wildman–Crippen MR) is 150 cm³/mol. The van der Waals surface area contributed by atoms with Crippen molar-refractivity contribution in [3.63, 3.8) is 0 Å². The van der Waals surface area contributed by atoms with Crippen LogP contribution in [-0.2, 0) is 17.7 Å². The number of amides is 1. The van der Waals surface area contributed by atoms with Gasteiger partial charge in [0.15, 0.2) is 11.5 Å². The molecule has 0 bridgehead atoms. The van der Waals surface area contributed by atoms with Crippen LogP contribution in [0.15, 0.2) is 41.3 Å². The van der Waals surface area contributed by atoms with E-state index in [1.165, 1.54) is 12.1 Å². The molecule has 3 aromatic rings. The molecule has 1 fully saturated rings. The second-order valence-electron chi connectivity index (χ2n) is 11.6. The largest absolute Gasteiger partial charge is 0.486 e. The fraction of sp³-hybridized carbons (Fsp3) is 0.500. The molecule has 2 aliphatic heterocycles. The topological polar surface area (TPSA) is 94.9 Å². The first kappa shape index (κ1) is 27.9. The maximum atomic E-state index is 14.2. The molecule has 40 heavy (non-hydrogen) atoms. The maximum Gasteiger partial charge on any atom is 0.407 e. The molecule has 1 amide bonds. The number of alkyl carbamates (subject to hydrolysis) is 1. The molecular weight excluding hydrogens is 515 g/mol. The van der Waals surface area contributed by atoms with Crippen molar-refractivity contribution in [2.45, 2.75) is 71.2 Å². The number of nitrogens with one attached hydrogen (secondary N) is 1. The standard InChI is InChI=1S/C30H37FN4O5/c1-19-13-28(36)35(25-14-20(31)5-6-24(19)25)10-9-34-8-7-23(40-29(37)33-30(2,3)4)17-22(34)15-21-16-26-27(18-32-21)39-12-11-38-26/h5-6,13-14,16,18,22-23H,7-12,15,17H2,1-4H3,(H,33,37). The summed E-state index contributed by atoms with van der Waals surface area (Å²) in [6.45, 7) is 10.2. The summed E-state index contributed by atoms with van der Waals surface area (Å²) in [6.07, 6.45) is 2.90. The highest BCUT2D eigenvalue weighted by molar-refractivity contribution is 5.82. The number of rotatable bonds is 6. The van der Waals surface area contributed by atoms with Gasteiger partial charge in [-0.3, -0.25) is 14.7 Å². The van der Waals surface area contributed by atoms with Crippen molar-refractivity contribution in [3.8, 4) is 11.5 Å². The maximum absolute atomic E-state index is 14.2. The van der Waals surface area contributed by atoms with Gasteiger partial charge in [0.25, 0.3) is 5.56 Å². The van der Waals surface area contributed by atoms with E-state index in [9.17, 15) is 14.0 Å². The Morgan fingerprint density at radius 2 is 1.93 bits per heavy atom. The van der Waals surface area contributed by atoms with Gasteiger partial charge < -0.3 is 24.1 Å². The Bertz CT molecular complexity index is 1450. The van der Waals surface area contributed by atoms with Gasteiger partial charge in [0.05, 0.1) is 11.7 Å². The van der Waals surface area contributed by atoms with Crippen LogP contribution >= 0.6 is 0 Å². The SMILES string of the molecule is Cc1cc(=O)n(CCN2CCC(OC(=O)NC(C)(C)C)CC2Cc2cc3c(cn2)OCCO3)c2cc(F)ccc12. The molecule has 2 unspecified atom stereocenters. The molecule has 1 N–H and O–H groups in total. The molecule has 2 aliphatic rings. The summed E-state index contributed by atoms with van der Waals surface area (Å²) < 4.78 is 33.0. The molecule has 1 aromatic carbocycles. The van der Waals surface area contributed by atoms with Gasteiger partial charge in [-0.1, -0.05) is 0 Å². The van der Waals surface area contributed by atoms with Gasteiger partial charge in [-0.05, 0) is 57.9 Å². The Morgan fingerprint density at radius 1 is 1.15 bits per heavy atom. The van der Waals surface area contributed by atoms with Crippen molar-refractivity contribution in [2.24, 2.45) is 0 Å². The summed E-state index contributed by atoms with van der Waals surface area (Å²) in [4.78, 5) is 32.4. The van der Waals surface area contributed by atoms with Crippen molar-refractivity contribution in [3.05, 3.63) is 64.0 Å². The van der Waals surface area contributed by atoms with Crippen LogP contribution in [0.3, 0.4) is 0 Å². The Morgan fingerprint density at radius 3 is 2.70 bits per heavy atom. The van der Waals surface area contributed by atoms with Crippen LogP contribution in [0.1, 0.15) is 44.9 Å². The molecule has 0 radical (unpaired) electrons. The highest BCUT2D eigenvalue weighted by atomic mass is 19.1. The van der Waals surface area contributed by atoms with E-state index in [1.54, 1.807) is 22.9 Å². The number of nitrogens with zero attached hydrogens (tertiary/aromatic N) is 3. The summed E-state index contributed by atoms with van der Waals surface area (Å²) in [7, 11) is 0. The molecule has 214 valence electrons. The minimum Gasteiger partial charge on any atom is -0.486 e. The minimum atomic E-state index is -0.429. The van der Waals surface area contributed by atoms with E-state index in [0.29, 0.717) is 69.1 Å². The summed E-state index contributed by atoms with van der Waals surface area (Å²) in [5, 5.41) is 3.73. The van der Waals surface area contributed by atoms with Crippen LogP contribution in [0.5, 0.6) is 11.5 Å². The van der Waals surface area contributed by atoms with Crippen molar-refractivity contribution < 1.29 is 23.4 Å². The number of carbonyl (C=O) groups excluding carboxylic acids is 1. The Balaban J connectivity index is 1.36. The number of halogens is 1. The first-order valence-corrected chi connectivity index (χ1v) is 13.8. The van der Waals surface area contributed by atoms with E-state index in [-0.39, 0.29) is 23.5 Å². The van der Waals surface area contributed by atoms with E-state index in [4.69, 9.17) is 14.2 Å². The van der Waals surface area contributed by atoms with Gasteiger partial charge >= 0.3 is 6.09 Å². The van der Waals surface area contributed by atoms with Crippen LogP contribution < -0.4 is 20.3 Å². The summed E-state index contributed by atoms with van der Waals surface area (Å²) in [6, 6.07) is 8.07. The van der Waals surface area contributed by atoms with Crippen molar-refractivity contribution >= 4 is 17.0 Å². The lowest BCUT2D eigenvalue weighted by Crippen LogP contribution is -2.49. The van der Waals surface area contributed by atoms with Gasteiger partial charge in [0, 0.05) is 67.3 Å². The Labute approximate surface area is 233 Å². The number of aromatic nitrogens is 2. The fourth-order valence-corrected chi connectivity index (χ4v) is 5.49. The first-order chi connectivity index (χ1) is 19.1. The van der Waals surface area contributed by atoms with Crippen LogP contribution in [0.25, 0.3) is 10.9 Å². The normalized spacial score (nSPS) is 19.4. The molecule has 9 nitrogen and oxygen atoms in total. The van der Waals surface area contributed by atoms with Gasteiger partial charge in [0.2, 0.25) is 0 Å². The number of benzene rings is 1. The van der Waals surface area contributed by atoms with E-state index >= 15 is 0 Å². The lowest BCUT2D eigenvalue weighted by Gasteiger charge is -2.39. The van der Waals surface area contributed by atoms with Crippen molar-refractivity contribution in [1.29, 1.82) is 0 Å². The predicted octanol–water partition coefficient (Wildman–Crippen LogP) is 4.22. The molecule has 0 saturated carbocycles. The molecule has 1 saturated heterocycles. The van der Waals surface area contributed by atoms with Gasteiger partial charge in [-0.2, -0.15) is 0 Å². The number of piperidine rings is 1.